The van der Waals surface area contributed by atoms with Crippen LogP contribution in [0.5, 0.6) is 0 Å². The Kier molecular flexibility index (Phi) is 4.26. The van der Waals surface area contributed by atoms with Crippen molar-refractivity contribution < 1.29 is 9.53 Å². The van der Waals surface area contributed by atoms with Crippen LogP contribution in [0.3, 0.4) is 0 Å². The van der Waals surface area contributed by atoms with Gasteiger partial charge in [-0.15, -0.1) is 0 Å². The van der Waals surface area contributed by atoms with Crippen molar-refractivity contribution in [3.8, 4) is 0 Å². The number of allylic oxidation sites excluding steroid dienone is 1. The molecule has 18 heavy (non-hydrogen) atoms. The van der Waals surface area contributed by atoms with Gasteiger partial charge in [0.2, 0.25) is 0 Å². The summed E-state index contributed by atoms with van der Waals surface area (Å²) in [5.41, 5.74) is -0.216. The molecule has 0 saturated carbocycles. The maximum absolute atomic E-state index is 11.8. The number of carbonyl (C=O) groups is 1. The van der Waals surface area contributed by atoms with Crippen molar-refractivity contribution in [2.45, 2.75) is 66.2 Å². The van der Waals surface area contributed by atoms with Gasteiger partial charge in [0.05, 0.1) is 6.54 Å². The van der Waals surface area contributed by atoms with Crippen LogP contribution in [0.25, 0.3) is 0 Å². The molecule has 3 heteroatoms. The van der Waals surface area contributed by atoms with Crippen molar-refractivity contribution in [1.29, 1.82) is 0 Å². The van der Waals surface area contributed by atoms with Gasteiger partial charge < -0.3 is 4.74 Å². The van der Waals surface area contributed by atoms with Crippen molar-refractivity contribution in [2.75, 3.05) is 6.54 Å². The third kappa shape index (κ3) is 4.13. The molecular weight excluding hydrogens is 226 g/mol. The molecule has 0 bridgehead atoms. The molecule has 0 aliphatic carbocycles. The Morgan fingerprint density at radius 1 is 1.22 bits per heavy atom. The van der Waals surface area contributed by atoms with Crippen molar-refractivity contribution in [1.82, 2.24) is 4.90 Å². The minimum Gasteiger partial charge on any atom is -0.459 e. The van der Waals surface area contributed by atoms with E-state index in [1.165, 1.54) is 0 Å². The first kappa shape index (κ1) is 15.2. The van der Waals surface area contributed by atoms with Gasteiger partial charge in [-0.2, -0.15) is 0 Å². The van der Waals surface area contributed by atoms with Gasteiger partial charge in [0.25, 0.3) is 0 Å². The van der Waals surface area contributed by atoms with Crippen molar-refractivity contribution in [2.24, 2.45) is 5.41 Å². The summed E-state index contributed by atoms with van der Waals surface area (Å²) in [6.07, 6.45) is 4.22. The molecule has 0 aromatic carbocycles. The zero-order chi connectivity index (χ0) is 14.1. The summed E-state index contributed by atoms with van der Waals surface area (Å²) in [4.78, 5) is 14.0. The van der Waals surface area contributed by atoms with Crippen LogP contribution in [0.1, 0.15) is 48.5 Å². The summed E-state index contributed by atoms with van der Waals surface area (Å²) in [5.74, 6) is -0.135. The molecule has 1 rings (SSSR count). The van der Waals surface area contributed by atoms with Crippen LogP contribution in [-0.2, 0) is 9.53 Å². The highest BCUT2D eigenvalue weighted by molar-refractivity contribution is 5.73. The lowest BCUT2D eigenvalue weighted by molar-refractivity contribution is -0.155. The van der Waals surface area contributed by atoms with Crippen LogP contribution in [0.2, 0.25) is 0 Å². The minimum absolute atomic E-state index is 0.135. The quantitative estimate of drug-likeness (QED) is 0.440. The highest BCUT2D eigenvalue weighted by Crippen LogP contribution is 2.42. The van der Waals surface area contributed by atoms with E-state index in [9.17, 15) is 4.79 Å². The normalized spacial score (nSPS) is 28.5. The van der Waals surface area contributed by atoms with E-state index in [0.29, 0.717) is 18.6 Å². The lowest BCUT2D eigenvalue weighted by atomic mass is 9.90. The Morgan fingerprint density at radius 2 is 1.78 bits per heavy atom. The predicted octanol–water partition coefficient (Wildman–Crippen LogP) is 3.00. The maximum Gasteiger partial charge on any atom is 0.320 e. The summed E-state index contributed by atoms with van der Waals surface area (Å²) in [7, 11) is 0. The molecule has 0 aromatic heterocycles. The van der Waals surface area contributed by atoms with Gasteiger partial charge in [-0.3, -0.25) is 9.69 Å². The second-order valence-corrected chi connectivity index (χ2v) is 7.09. The second kappa shape index (κ2) is 5.04. The summed E-state index contributed by atoms with van der Waals surface area (Å²) >= 11 is 0. The lowest BCUT2D eigenvalue weighted by Crippen LogP contribution is -2.30. The van der Waals surface area contributed by atoms with E-state index in [1.807, 2.05) is 27.7 Å². The SMILES string of the molecule is C/C=C\[C@@H]1[C@@H](C(C)(C)C)N1CC(=O)OC(C)(C)C. The van der Waals surface area contributed by atoms with Gasteiger partial charge in [0, 0.05) is 12.1 Å². The number of esters is 1. The second-order valence-electron chi connectivity index (χ2n) is 7.09. The summed E-state index contributed by atoms with van der Waals surface area (Å²) in [6, 6.07) is 0.809. The molecule has 0 N–H and O–H groups in total. The third-order valence-electron chi connectivity index (χ3n) is 2.98. The number of carbonyl (C=O) groups excluding carboxylic acids is 1. The first-order valence-corrected chi connectivity index (χ1v) is 6.66. The van der Waals surface area contributed by atoms with Crippen LogP contribution in [0, 0.1) is 5.41 Å². The molecule has 1 unspecified atom stereocenters. The summed E-state index contributed by atoms with van der Waals surface area (Å²) in [6.45, 7) is 14.7. The average Bonchev–Trinajstić information content (AvgIpc) is 2.74. The smallest absolute Gasteiger partial charge is 0.320 e. The number of nitrogens with zero attached hydrogens (tertiary/aromatic N) is 1. The molecule has 1 fully saturated rings. The van der Waals surface area contributed by atoms with Gasteiger partial charge in [-0.1, -0.05) is 32.9 Å². The van der Waals surface area contributed by atoms with E-state index in [1.54, 1.807) is 0 Å². The fourth-order valence-electron chi connectivity index (χ4n) is 2.45. The van der Waals surface area contributed by atoms with Gasteiger partial charge in [-0.25, -0.2) is 0 Å². The third-order valence-corrected chi connectivity index (χ3v) is 2.98. The van der Waals surface area contributed by atoms with Crippen molar-refractivity contribution in [3.05, 3.63) is 12.2 Å². The summed E-state index contributed by atoms with van der Waals surface area (Å²) in [5, 5.41) is 0. The topological polar surface area (TPSA) is 29.3 Å². The average molecular weight is 253 g/mol. The van der Waals surface area contributed by atoms with Crippen molar-refractivity contribution in [3.63, 3.8) is 0 Å². The van der Waals surface area contributed by atoms with Crippen LogP contribution in [-0.4, -0.2) is 35.1 Å². The van der Waals surface area contributed by atoms with Gasteiger partial charge >= 0.3 is 5.97 Å². The molecule has 3 atom stereocenters. The molecule has 0 spiro atoms. The predicted molar refractivity (Wildman–Crippen MR) is 74.4 cm³/mol. The summed E-state index contributed by atoms with van der Waals surface area (Å²) < 4.78 is 5.37. The largest absolute Gasteiger partial charge is 0.459 e. The highest BCUT2D eigenvalue weighted by Gasteiger charge is 2.52. The van der Waals surface area contributed by atoms with Gasteiger partial charge in [0.15, 0.2) is 0 Å². The van der Waals surface area contributed by atoms with Crippen LogP contribution >= 0.6 is 0 Å². The maximum atomic E-state index is 11.8. The Morgan fingerprint density at radius 3 is 2.17 bits per heavy atom. The monoisotopic (exact) mass is 253 g/mol. The van der Waals surface area contributed by atoms with E-state index in [0.717, 1.165) is 0 Å². The first-order valence-electron chi connectivity index (χ1n) is 6.66. The highest BCUT2D eigenvalue weighted by atomic mass is 16.6. The minimum atomic E-state index is -0.402. The number of hydrogen-bond acceptors (Lipinski definition) is 3. The van der Waals surface area contributed by atoms with Crippen LogP contribution in [0.15, 0.2) is 12.2 Å². The molecule has 0 amide bonds. The van der Waals surface area contributed by atoms with Crippen molar-refractivity contribution >= 4 is 5.97 Å². The van der Waals surface area contributed by atoms with Crippen LogP contribution < -0.4 is 0 Å². The number of rotatable bonds is 3. The Bertz CT molecular complexity index is 333. The van der Waals surface area contributed by atoms with Gasteiger partial charge in [0.1, 0.15) is 5.60 Å². The molecule has 1 aliphatic heterocycles. The molecule has 104 valence electrons. The zero-order valence-electron chi connectivity index (χ0n) is 12.8. The fraction of sp³-hybridized carbons (Fsp3) is 0.800. The van der Waals surface area contributed by atoms with E-state index in [-0.39, 0.29) is 11.4 Å². The Labute approximate surface area is 111 Å². The zero-order valence-corrected chi connectivity index (χ0v) is 12.8. The fourth-order valence-corrected chi connectivity index (χ4v) is 2.45. The van der Waals surface area contributed by atoms with E-state index in [4.69, 9.17) is 4.74 Å². The van der Waals surface area contributed by atoms with Gasteiger partial charge in [-0.05, 0) is 33.1 Å². The molecule has 1 saturated heterocycles. The molecule has 0 aromatic rings. The van der Waals surface area contributed by atoms with E-state index < -0.39 is 5.60 Å². The molecule has 3 nitrogen and oxygen atoms in total. The molecule has 1 heterocycles. The Hall–Kier alpha value is -0.830. The molecule has 1 aliphatic rings. The van der Waals surface area contributed by atoms with Crippen LogP contribution in [0.4, 0.5) is 0 Å². The molecule has 0 radical (unpaired) electrons. The lowest BCUT2D eigenvalue weighted by Gasteiger charge is -2.21. The molecular formula is C15H27NO2. The standard InChI is InChI=1S/C15H27NO2/c1-8-9-11-13(14(2,3)4)16(11)10-12(17)18-15(5,6)7/h8-9,11,13H,10H2,1-7H3/b9-8-/t11-,13+,16?/m1/s1. The first-order chi connectivity index (χ1) is 8.06. The van der Waals surface area contributed by atoms with E-state index in [2.05, 4.69) is 37.8 Å². The Balaban J connectivity index is 2.60. The number of ether oxygens (including phenoxy) is 1. The number of hydrogen-bond donors (Lipinski definition) is 0. The van der Waals surface area contributed by atoms with E-state index >= 15 is 0 Å².